The van der Waals surface area contributed by atoms with Crippen molar-refractivity contribution in [1.82, 2.24) is 0 Å². The summed E-state index contributed by atoms with van der Waals surface area (Å²) in [6.07, 6.45) is 14.6. The van der Waals surface area contributed by atoms with Crippen molar-refractivity contribution in [2.45, 2.75) is 137 Å². The van der Waals surface area contributed by atoms with Crippen molar-refractivity contribution >= 4 is 0 Å². The Morgan fingerprint density at radius 3 is 2.41 bits per heavy atom. The van der Waals surface area contributed by atoms with Crippen LogP contribution in [0.2, 0.25) is 0 Å². The Balaban J connectivity index is 1.49. The van der Waals surface area contributed by atoms with Crippen molar-refractivity contribution in [3.05, 3.63) is 0 Å². The molecule has 4 fully saturated rings. The molecule has 4 aliphatic rings. The summed E-state index contributed by atoms with van der Waals surface area (Å²) in [5.41, 5.74) is 0.0637. The molecule has 0 amide bonds. The summed E-state index contributed by atoms with van der Waals surface area (Å²) < 4.78 is 0. The lowest BCUT2D eigenvalue weighted by molar-refractivity contribution is -0.156. The lowest BCUT2D eigenvalue weighted by Crippen LogP contribution is -2.56. The van der Waals surface area contributed by atoms with Crippen LogP contribution in [0.25, 0.3) is 0 Å². The van der Waals surface area contributed by atoms with Crippen LogP contribution in [0.15, 0.2) is 0 Å². The molecule has 2 heteroatoms. The van der Waals surface area contributed by atoms with Crippen LogP contribution in [-0.4, -0.2) is 21.4 Å². The molecule has 4 aliphatic carbocycles. The average molecular weight is 447 g/mol. The monoisotopic (exact) mass is 446 g/mol. The lowest BCUT2D eigenvalue weighted by Gasteiger charge is -2.62. The Kier molecular flexibility index (Phi) is 6.68. The summed E-state index contributed by atoms with van der Waals surface area (Å²) in [5, 5.41) is 21.2. The molecule has 2 nitrogen and oxygen atoms in total. The molecule has 0 radical (unpaired) electrons. The number of fused-ring (bicyclic) bond motifs is 5. The predicted molar refractivity (Wildman–Crippen MR) is 134 cm³/mol. The summed E-state index contributed by atoms with van der Waals surface area (Å²) >= 11 is 0. The van der Waals surface area contributed by atoms with E-state index < -0.39 is 5.60 Å². The van der Waals surface area contributed by atoms with E-state index in [1.165, 1.54) is 44.9 Å². The van der Waals surface area contributed by atoms with E-state index in [2.05, 4.69) is 34.6 Å². The van der Waals surface area contributed by atoms with Crippen LogP contribution in [0.5, 0.6) is 0 Å². The molecule has 0 aromatic rings. The van der Waals surface area contributed by atoms with Crippen LogP contribution in [0.4, 0.5) is 0 Å². The van der Waals surface area contributed by atoms with Gasteiger partial charge in [0.15, 0.2) is 0 Å². The van der Waals surface area contributed by atoms with Crippen LogP contribution in [0.3, 0.4) is 0 Å². The van der Waals surface area contributed by atoms with Gasteiger partial charge < -0.3 is 10.2 Å². The molecular weight excluding hydrogens is 392 g/mol. The van der Waals surface area contributed by atoms with E-state index >= 15 is 0 Å². The molecule has 0 saturated heterocycles. The fourth-order valence-corrected chi connectivity index (χ4v) is 10.2. The van der Waals surface area contributed by atoms with Gasteiger partial charge in [-0.15, -0.1) is 0 Å². The molecule has 4 rings (SSSR count). The normalized spacial score (nSPS) is 49.8. The van der Waals surface area contributed by atoms with Crippen LogP contribution in [0.1, 0.15) is 126 Å². The van der Waals surface area contributed by atoms with Gasteiger partial charge in [-0.25, -0.2) is 0 Å². The Labute approximate surface area is 199 Å². The quantitative estimate of drug-likeness (QED) is 0.441. The highest BCUT2D eigenvalue weighted by atomic mass is 16.3. The zero-order valence-corrected chi connectivity index (χ0v) is 22.4. The first kappa shape index (κ1) is 25.0. The van der Waals surface area contributed by atoms with E-state index in [1.807, 2.05) is 13.8 Å². The summed E-state index contributed by atoms with van der Waals surface area (Å²) in [7, 11) is 0. The second kappa shape index (κ2) is 8.54. The van der Waals surface area contributed by atoms with Gasteiger partial charge in [-0.2, -0.15) is 0 Å². The van der Waals surface area contributed by atoms with Crippen LogP contribution < -0.4 is 0 Å². The summed E-state index contributed by atoms with van der Waals surface area (Å²) in [6.45, 7) is 16.5. The number of aliphatic hydroxyl groups is 2. The van der Waals surface area contributed by atoms with Gasteiger partial charge in [-0.05, 0) is 130 Å². The molecule has 0 heterocycles. The number of rotatable bonds is 6. The van der Waals surface area contributed by atoms with Gasteiger partial charge in [-0.1, -0.05) is 47.5 Å². The van der Waals surface area contributed by atoms with Gasteiger partial charge in [0.1, 0.15) is 0 Å². The first-order valence-electron chi connectivity index (χ1n) is 14.3. The van der Waals surface area contributed by atoms with Crippen LogP contribution in [0, 0.1) is 52.3 Å². The molecule has 0 bridgehead atoms. The highest BCUT2D eigenvalue weighted by Gasteiger charge is 2.63. The van der Waals surface area contributed by atoms with Crippen molar-refractivity contribution in [2.75, 3.05) is 0 Å². The van der Waals surface area contributed by atoms with Gasteiger partial charge in [0.05, 0.1) is 11.2 Å². The largest absolute Gasteiger partial charge is 0.390 e. The maximum atomic E-state index is 11.1. The van der Waals surface area contributed by atoms with Crippen molar-refractivity contribution in [2.24, 2.45) is 52.3 Å². The standard InChI is InChI=1S/C30H54O2/c1-8-30(32)17-16-28(6)22(19-30)11-12-23-24(28)13-15-29(7)25(18-21(3)26(23)29)20(2)10-9-14-27(4,5)31/h20-26,31-32H,8-19H2,1-7H3/t20-,21-,22+,23?,24+,25-,26+,28+,29-,30+/m1/s1. The molecular formula is C30H54O2. The molecule has 2 N–H and O–H groups in total. The molecule has 4 saturated carbocycles. The topological polar surface area (TPSA) is 40.5 Å². The fourth-order valence-electron chi connectivity index (χ4n) is 10.2. The molecule has 0 aliphatic heterocycles. The minimum Gasteiger partial charge on any atom is -0.390 e. The highest BCUT2D eigenvalue weighted by Crippen LogP contribution is 2.70. The summed E-state index contributed by atoms with van der Waals surface area (Å²) in [4.78, 5) is 0. The van der Waals surface area contributed by atoms with E-state index in [9.17, 15) is 10.2 Å². The third-order valence-corrected chi connectivity index (χ3v) is 12.0. The van der Waals surface area contributed by atoms with Gasteiger partial charge in [-0.3, -0.25) is 0 Å². The van der Waals surface area contributed by atoms with Crippen LogP contribution >= 0.6 is 0 Å². The molecule has 1 unspecified atom stereocenters. The second-order valence-electron chi connectivity index (χ2n) is 14.4. The van der Waals surface area contributed by atoms with Crippen molar-refractivity contribution in [3.8, 4) is 0 Å². The molecule has 0 aromatic heterocycles. The van der Waals surface area contributed by atoms with E-state index in [1.54, 1.807) is 0 Å². The minimum atomic E-state index is -0.523. The van der Waals surface area contributed by atoms with Crippen molar-refractivity contribution in [3.63, 3.8) is 0 Å². The number of hydrogen-bond acceptors (Lipinski definition) is 2. The first-order valence-corrected chi connectivity index (χ1v) is 14.3. The van der Waals surface area contributed by atoms with E-state index in [4.69, 9.17) is 0 Å². The van der Waals surface area contributed by atoms with Crippen LogP contribution in [-0.2, 0) is 0 Å². The first-order chi connectivity index (χ1) is 14.8. The summed E-state index contributed by atoms with van der Waals surface area (Å²) in [6, 6.07) is 0. The molecule has 186 valence electrons. The third kappa shape index (κ3) is 4.23. The Bertz CT molecular complexity index is 666. The molecule has 32 heavy (non-hydrogen) atoms. The van der Waals surface area contributed by atoms with E-state index in [0.29, 0.717) is 10.8 Å². The highest BCUT2D eigenvalue weighted by molar-refractivity contribution is 5.12. The Morgan fingerprint density at radius 2 is 1.75 bits per heavy atom. The van der Waals surface area contributed by atoms with Gasteiger partial charge >= 0.3 is 0 Å². The fraction of sp³-hybridized carbons (Fsp3) is 1.00. The van der Waals surface area contributed by atoms with Gasteiger partial charge in [0.2, 0.25) is 0 Å². The maximum absolute atomic E-state index is 11.1. The molecule has 0 spiro atoms. The smallest absolute Gasteiger partial charge is 0.0648 e. The van der Waals surface area contributed by atoms with Gasteiger partial charge in [0, 0.05) is 0 Å². The zero-order chi connectivity index (χ0) is 23.5. The Hall–Kier alpha value is -0.0800. The van der Waals surface area contributed by atoms with E-state index in [-0.39, 0.29) is 5.60 Å². The SMILES string of the molecule is CC[C@]1(O)CC[C@@]2(C)[C@@H](CCC3[C@@H]4[C@H](C)C[C@H]([C@H](C)CCCC(C)(C)O)[C@@]4(C)CC[C@@H]32)C1. The second-order valence-corrected chi connectivity index (χ2v) is 14.4. The molecule has 10 atom stereocenters. The van der Waals surface area contributed by atoms with E-state index in [0.717, 1.165) is 73.5 Å². The summed E-state index contributed by atoms with van der Waals surface area (Å²) in [5.74, 6) is 5.90. The van der Waals surface area contributed by atoms with Crippen molar-refractivity contribution in [1.29, 1.82) is 0 Å². The third-order valence-electron chi connectivity index (χ3n) is 12.0. The lowest BCUT2D eigenvalue weighted by atomic mass is 9.43. The zero-order valence-electron chi connectivity index (χ0n) is 22.4. The minimum absolute atomic E-state index is 0.384. The average Bonchev–Trinajstić information content (AvgIpc) is 2.98. The predicted octanol–water partition coefficient (Wildman–Crippen LogP) is 7.61. The number of hydrogen-bond donors (Lipinski definition) is 2. The Morgan fingerprint density at radius 1 is 1.03 bits per heavy atom. The maximum Gasteiger partial charge on any atom is 0.0648 e. The van der Waals surface area contributed by atoms with Crippen molar-refractivity contribution < 1.29 is 10.2 Å². The molecule has 0 aromatic carbocycles. The van der Waals surface area contributed by atoms with Gasteiger partial charge in [0.25, 0.3) is 0 Å².